The van der Waals surface area contributed by atoms with Gasteiger partial charge in [-0.25, -0.2) is 4.39 Å². The highest BCUT2D eigenvalue weighted by molar-refractivity contribution is 6.01. The van der Waals surface area contributed by atoms with Gasteiger partial charge in [0.15, 0.2) is 0 Å². The molecule has 0 aliphatic carbocycles. The second-order valence-electron chi connectivity index (χ2n) is 8.16. The van der Waals surface area contributed by atoms with Gasteiger partial charge in [0, 0.05) is 58.2 Å². The van der Waals surface area contributed by atoms with Gasteiger partial charge in [0.25, 0.3) is 0 Å². The number of amides is 2. The molecule has 1 atom stereocenters. The van der Waals surface area contributed by atoms with Crippen LogP contribution in [0.4, 0.5) is 10.1 Å². The van der Waals surface area contributed by atoms with Gasteiger partial charge in [0.1, 0.15) is 11.9 Å². The van der Waals surface area contributed by atoms with Crippen molar-refractivity contribution < 1.29 is 29.0 Å². The van der Waals surface area contributed by atoms with Crippen molar-refractivity contribution in [3.8, 4) is 0 Å². The number of hydrogen-bond acceptors (Lipinski definition) is 8. The zero-order valence-corrected chi connectivity index (χ0v) is 18.9. The number of carbonyl (C=O) groups is 2. The van der Waals surface area contributed by atoms with E-state index >= 15 is 0 Å². The van der Waals surface area contributed by atoms with Crippen molar-refractivity contribution in [3.05, 3.63) is 29.6 Å². The zero-order chi connectivity index (χ0) is 23.8. The molecule has 3 N–H and O–H groups in total. The molecule has 2 heterocycles. The van der Waals surface area contributed by atoms with E-state index in [9.17, 15) is 14.0 Å². The van der Waals surface area contributed by atoms with Crippen molar-refractivity contribution in [1.82, 2.24) is 15.1 Å². The third kappa shape index (κ3) is 6.86. The predicted molar refractivity (Wildman–Crippen MR) is 121 cm³/mol. The maximum atomic E-state index is 14.9. The number of oxime groups is 1. The minimum absolute atomic E-state index is 0.0690. The number of hydrogen-bond donors (Lipinski definition) is 3. The average molecular weight is 466 g/mol. The number of halogens is 1. The SMILES string of the molecule is CC(=O)NCC1CC(c2ccc(N3CCN(C(=O)CN(CCO)CCO)CC3)c(F)c2)=NO1. The highest BCUT2D eigenvalue weighted by atomic mass is 19.1. The van der Waals surface area contributed by atoms with E-state index in [1.165, 1.54) is 13.0 Å². The fourth-order valence-electron chi connectivity index (χ4n) is 3.95. The van der Waals surface area contributed by atoms with Crippen LogP contribution in [-0.4, -0.2) is 109 Å². The summed E-state index contributed by atoms with van der Waals surface area (Å²) in [7, 11) is 0. The molecule has 0 radical (unpaired) electrons. The first kappa shape index (κ1) is 24.9. The molecule has 182 valence electrons. The Bertz CT molecular complexity index is 854. The maximum Gasteiger partial charge on any atom is 0.236 e. The second kappa shape index (κ2) is 11.9. The van der Waals surface area contributed by atoms with Crippen molar-refractivity contribution in [2.75, 3.05) is 70.5 Å². The van der Waals surface area contributed by atoms with Crippen LogP contribution < -0.4 is 10.2 Å². The van der Waals surface area contributed by atoms with Crippen LogP contribution in [0.25, 0.3) is 0 Å². The third-order valence-electron chi connectivity index (χ3n) is 5.76. The van der Waals surface area contributed by atoms with Crippen molar-refractivity contribution in [2.24, 2.45) is 5.16 Å². The lowest BCUT2D eigenvalue weighted by Crippen LogP contribution is -2.52. The Balaban J connectivity index is 1.52. The van der Waals surface area contributed by atoms with Gasteiger partial charge in [-0.3, -0.25) is 14.5 Å². The minimum Gasteiger partial charge on any atom is -0.395 e. The minimum atomic E-state index is -0.364. The lowest BCUT2D eigenvalue weighted by molar-refractivity contribution is -0.133. The molecule has 1 unspecified atom stereocenters. The molecule has 2 aliphatic rings. The lowest BCUT2D eigenvalue weighted by Gasteiger charge is -2.37. The number of piperazine rings is 1. The molecule has 1 fully saturated rings. The topological polar surface area (TPSA) is 118 Å². The van der Waals surface area contributed by atoms with Gasteiger partial charge in [-0.1, -0.05) is 11.2 Å². The van der Waals surface area contributed by atoms with E-state index in [2.05, 4.69) is 10.5 Å². The molecule has 2 aliphatic heterocycles. The molecule has 1 saturated heterocycles. The Labute approximate surface area is 192 Å². The zero-order valence-electron chi connectivity index (χ0n) is 18.9. The van der Waals surface area contributed by atoms with Crippen molar-refractivity contribution in [3.63, 3.8) is 0 Å². The number of anilines is 1. The fourth-order valence-corrected chi connectivity index (χ4v) is 3.95. The van der Waals surface area contributed by atoms with Crippen molar-refractivity contribution in [2.45, 2.75) is 19.4 Å². The summed E-state index contributed by atoms with van der Waals surface area (Å²) in [5.74, 6) is -0.574. The van der Waals surface area contributed by atoms with Crippen LogP contribution in [0.3, 0.4) is 0 Å². The Morgan fingerprint density at radius 1 is 1.21 bits per heavy atom. The molecule has 33 heavy (non-hydrogen) atoms. The quantitative estimate of drug-likeness (QED) is 0.422. The first-order valence-corrected chi connectivity index (χ1v) is 11.1. The molecule has 11 heteroatoms. The van der Waals surface area contributed by atoms with Gasteiger partial charge < -0.3 is 30.2 Å². The largest absolute Gasteiger partial charge is 0.395 e. The van der Waals surface area contributed by atoms with Gasteiger partial charge in [0.2, 0.25) is 11.8 Å². The van der Waals surface area contributed by atoms with Crippen molar-refractivity contribution >= 4 is 23.2 Å². The normalized spacial score (nSPS) is 18.3. The summed E-state index contributed by atoms with van der Waals surface area (Å²) in [6.45, 7) is 4.37. The molecule has 0 aromatic heterocycles. The summed E-state index contributed by atoms with van der Waals surface area (Å²) >= 11 is 0. The summed E-state index contributed by atoms with van der Waals surface area (Å²) in [5.41, 5.74) is 1.76. The van der Waals surface area contributed by atoms with Crippen LogP contribution >= 0.6 is 0 Å². The lowest BCUT2D eigenvalue weighted by atomic mass is 10.0. The van der Waals surface area contributed by atoms with Gasteiger partial charge in [-0.2, -0.15) is 0 Å². The van der Waals surface area contributed by atoms with Crippen LogP contribution in [0.2, 0.25) is 0 Å². The van der Waals surface area contributed by atoms with E-state index in [0.29, 0.717) is 69.2 Å². The summed E-state index contributed by atoms with van der Waals surface area (Å²) in [4.78, 5) is 34.3. The van der Waals surface area contributed by atoms with E-state index in [-0.39, 0.29) is 43.5 Å². The molecule has 1 aromatic rings. The van der Waals surface area contributed by atoms with E-state index in [4.69, 9.17) is 15.1 Å². The molecule has 3 rings (SSSR count). The van der Waals surface area contributed by atoms with Crippen LogP contribution in [0.15, 0.2) is 23.4 Å². The molecule has 10 nitrogen and oxygen atoms in total. The summed E-state index contributed by atoms with van der Waals surface area (Å²) in [6.07, 6.45) is 0.228. The Morgan fingerprint density at radius 3 is 2.52 bits per heavy atom. The third-order valence-corrected chi connectivity index (χ3v) is 5.76. The number of rotatable bonds is 10. The Hall–Kier alpha value is -2.76. The molecule has 1 aromatic carbocycles. The Kier molecular flexibility index (Phi) is 8.98. The number of aliphatic hydroxyl groups is 2. The van der Waals surface area contributed by atoms with Crippen LogP contribution in [0.1, 0.15) is 18.9 Å². The number of benzene rings is 1. The highest BCUT2D eigenvalue weighted by Crippen LogP contribution is 2.25. The molecule has 0 spiro atoms. The first-order chi connectivity index (χ1) is 15.9. The van der Waals surface area contributed by atoms with Crippen LogP contribution in [0, 0.1) is 5.82 Å². The monoisotopic (exact) mass is 465 g/mol. The van der Waals surface area contributed by atoms with Crippen LogP contribution in [-0.2, 0) is 14.4 Å². The molecule has 2 amide bonds. The summed E-state index contributed by atoms with van der Waals surface area (Å²) < 4.78 is 14.9. The number of aliphatic hydroxyl groups excluding tert-OH is 2. The van der Waals surface area contributed by atoms with Gasteiger partial charge in [-0.05, 0) is 12.1 Å². The Morgan fingerprint density at radius 2 is 1.91 bits per heavy atom. The standard InChI is InChI=1S/C22H32FN5O5/c1-16(31)24-14-18-13-20(25-33-18)17-2-3-21(19(23)12-17)27-4-6-28(7-5-27)22(32)15-26(8-10-29)9-11-30/h2-3,12,18,29-30H,4-11,13-15H2,1H3,(H,24,31). The van der Waals surface area contributed by atoms with E-state index in [1.807, 2.05) is 4.90 Å². The second-order valence-corrected chi connectivity index (χ2v) is 8.16. The number of carbonyl (C=O) groups excluding carboxylic acids is 2. The van der Waals surface area contributed by atoms with Gasteiger partial charge in [-0.15, -0.1) is 0 Å². The first-order valence-electron chi connectivity index (χ1n) is 11.1. The van der Waals surface area contributed by atoms with E-state index in [0.717, 1.165) is 0 Å². The number of nitrogens with zero attached hydrogens (tertiary/aromatic N) is 4. The fraction of sp³-hybridized carbons (Fsp3) is 0.591. The molecule has 0 saturated carbocycles. The summed E-state index contributed by atoms with van der Waals surface area (Å²) in [6, 6.07) is 4.97. The molecular formula is C22H32FN5O5. The number of nitrogens with one attached hydrogen (secondary N) is 1. The average Bonchev–Trinajstić information content (AvgIpc) is 3.27. The summed E-state index contributed by atoms with van der Waals surface area (Å²) in [5, 5.41) is 24.9. The predicted octanol–water partition coefficient (Wildman–Crippen LogP) is -0.610. The highest BCUT2D eigenvalue weighted by Gasteiger charge is 2.26. The van der Waals surface area contributed by atoms with Crippen molar-refractivity contribution in [1.29, 1.82) is 0 Å². The van der Waals surface area contributed by atoms with E-state index < -0.39 is 0 Å². The maximum absolute atomic E-state index is 14.9. The van der Waals surface area contributed by atoms with Crippen LogP contribution in [0.5, 0.6) is 0 Å². The smallest absolute Gasteiger partial charge is 0.236 e. The van der Waals surface area contributed by atoms with Gasteiger partial charge in [0.05, 0.1) is 37.7 Å². The molecular weight excluding hydrogens is 433 g/mol. The van der Waals surface area contributed by atoms with Gasteiger partial charge >= 0.3 is 0 Å². The van der Waals surface area contributed by atoms with E-state index in [1.54, 1.807) is 21.9 Å². The molecule has 0 bridgehead atoms.